The van der Waals surface area contributed by atoms with Gasteiger partial charge in [-0.15, -0.1) is 0 Å². The van der Waals surface area contributed by atoms with Crippen LogP contribution < -0.4 is 5.73 Å². The quantitative estimate of drug-likeness (QED) is 0.660. The predicted molar refractivity (Wildman–Crippen MR) is 46.2 cm³/mol. The van der Waals surface area contributed by atoms with E-state index in [1.807, 2.05) is 33.0 Å². The minimum absolute atomic E-state index is 0.279. The van der Waals surface area contributed by atoms with E-state index < -0.39 is 0 Å². The third kappa shape index (κ3) is 1.77. The van der Waals surface area contributed by atoms with E-state index in [0.717, 1.165) is 5.56 Å². The minimum atomic E-state index is -0.279. The van der Waals surface area contributed by atoms with Crippen molar-refractivity contribution in [1.29, 1.82) is 0 Å². The number of nitrogens with two attached hydrogens (primary N) is 1. The van der Waals surface area contributed by atoms with Gasteiger partial charge < -0.3 is 5.73 Å². The highest BCUT2D eigenvalue weighted by molar-refractivity contribution is 5.27. The van der Waals surface area contributed by atoms with E-state index in [2.05, 4.69) is 4.98 Å². The SMILES string of the molecule is Cc1ccncc1C(C)(C)N. The summed E-state index contributed by atoms with van der Waals surface area (Å²) in [6.07, 6.45) is 3.61. The Morgan fingerprint density at radius 3 is 2.45 bits per heavy atom. The smallest absolute Gasteiger partial charge is 0.0370 e. The Morgan fingerprint density at radius 2 is 2.09 bits per heavy atom. The second-order valence-electron chi connectivity index (χ2n) is 3.41. The molecule has 0 bridgehead atoms. The van der Waals surface area contributed by atoms with E-state index >= 15 is 0 Å². The minimum Gasteiger partial charge on any atom is -0.322 e. The molecule has 0 fully saturated rings. The number of hydrogen-bond donors (Lipinski definition) is 1. The molecule has 2 N–H and O–H groups in total. The molecule has 2 nitrogen and oxygen atoms in total. The molecule has 0 aliphatic rings. The molecular weight excluding hydrogens is 136 g/mol. The number of rotatable bonds is 1. The highest BCUT2D eigenvalue weighted by Gasteiger charge is 2.15. The van der Waals surface area contributed by atoms with Crippen molar-refractivity contribution in [3.63, 3.8) is 0 Å². The average Bonchev–Trinajstić information content (AvgIpc) is 1.86. The first-order valence-electron chi connectivity index (χ1n) is 3.72. The van der Waals surface area contributed by atoms with Gasteiger partial charge in [0.05, 0.1) is 0 Å². The van der Waals surface area contributed by atoms with Gasteiger partial charge in [-0.25, -0.2) is 0 Å². The van der Waals surface area contributed by atoms with Gasteiger partial charge in [0, 0.05) is 17.9 Å². The summed E-state index contributed by atoms with van der Waals surface area (Å²) >= 11 is 0. The maximum Gasteiger partial charge on any atom is 0.0370 e. The molecule has 0 aliphatic carbocycles. The third-order valence-corrected chi connectivity index (χ3v) is 1.73. The van der Waals surface area contributed by atoms with E-state index in [0.29, 0.717) is 0 Å². The van der Waals surface area contributed by atoms with Gasteiger partial charge in [-0.2, -0.15) is 0 Å². The number of aryl methyl sites for hydroxylation is 1. The molecule has 0 saturated heterocycles. The topological polar surface area (TPSA) is 38.9 Å². The van der Waals surface area contributed by atoms with Crippen molar-refractivity contribution in [3.8, 4) is 0 Å². The van der Waals surface area contributed by atoms with E-state index in [1.165, 1.54) is 5.56 Å². The van der Waals surface area contributed by atoms with Gasteiger partial charge in [-0.05, 0) is 38.0 Å². The van der Waals surface area contributed by atoms with Crippen LogP contribution in [0.3, 0.4) is 0 Å². The van der Waals surface area contributed by atoms with Crippen LogP contribution in [-0.2, 0) is 5.54 Å². The van der Waals surface area contributed by atoms with Crippen molar-refractivity contribution in [2.24, 2.45) is 5.73 Å². The fourth-order valence-corrected chi connectivity index (χ4v) is 1.14. The zero-order chi connectivity index (χ0) is 8.48. The number of pyridine rings is 1. The van der Waals surface area contributed by atoms with E-state index in [-0.39, 0.29) is 5.54 Å². The molecule has 1 aromatic heterocycles. The van der Waals surface area contributed by atoms with Crippen molar-refractivity contribution in [1.82, 2.24) is 4.98 Å². The summed E-state index contributed by atoms with van der Waals surface area (Å²) in [4.78, 5) is 4.03. The van der Waals surface area contributed by atoms with Gasteiger partial charge in [0.1, 0.15) is 0 Å². The summed E-state index contributed by atoms with van der Waals surface area (Å²) in [5.74, 6) is 0. The molecule has 1 aromatic rings. The zero-order valence-electron chi connectivity index (χ0n) is 7.26. The molecule has 0 spiro atoms. The molecule has 2 heteroatoms. The lowest BCUT2D eigenvalue weighted by Gasteiger charge is -2.20. The molecule has 60 valence electrons. The fourth-order valence-electron chi connectivity index (χ4n) is 1.14. The summed E-state index contributed by atoms with van der Waals surface area (Å²) in [6.45, 7) is 6.01. The van der Waals surface area contributed by atoms with Gasteiger partial charge in [-0.1, -0.05) is 0 Å². The monoisotopic (exact) mass is 150 g/mol. The fraction of sp³-hybridized carbons (Fsp3) is 0.444. The summed E-state index contributed by atoms with van der Waals surface area (Å²) < 4.78 is 0. The van der Waals surface area contributed by atoms with E-state index in [4.69, 9.17) is 5.73 Å². The molecule has 0 aliphatic heterocycles. The average molecular weight is 150 g/mol. The van der Waals surface area contributed by atoms with Crippen LogP contribution >= 0.6 is 0 Å². The molecule has 11 heavy (non-hydrogen) atoms. The number of hydrogen-bond acceptors (Lipinski definition) is 2. The van der Waals surface area contributed by atoms with Gasteiger partial charge in [-0.3, -0.25) is 4.98 Å². The van der Waals surface area contributed by atoms with Gasteiger partial charge in [0.2, 0.25) is 0 Å². The van der Waals surface area contributed by atoms with E-state index in [9.17, 15) is 0 Å². The molecule has 0 atom stereocenters. The van der Waals surface area contributed by atoms with Crippen molar-refractivity contribution in [2.45, 2.75) is 26.3 Å². The Morgan fingerprint density at radius 1 is 1.45 bits per heavy atom. The van der Waals surface area contributed by atoms with Crippen molar-refractivity contribution < 1.29 is 0 Å². The van der Waals surface area contributed by atoms with Crippen LogP contribution in [0.1, 0.15) is 25.0 Å². The molecule has 0 radical (unpaired) electrons. The Hall–Kier alpha value is -0.890. The predicted octanol–water partition coefficient (Wildman–Crippen LogP) is 1.58. The molecule has 0 aromatic carbocycles. The first-order chi connectivity index (χ1) is 5.02. The lowest BCUT2D eigenvalue weighted by atomic mass is 9.94. The Labute approximate surface area is 67.5 Å². The molecule has 1 rings (SSSR count). The van der Waals surface area contributed by atoms with Crippen molar-refractivity contribution >= 4 is 0 Å². The zero-order valence-corrected chi connectivity index (χ0v) is 7.26. The van der Waals surface area contributed by atoms with Crippen molar-refractivity contribution in [2.75, 3.05) is 0 Å². The van der Waals surface area contributed by atoms with Crippen LogP contribution in [-0.4, -0.2) is 4.98 Å². The Balaban J connectivity index is 3.14. The third-order valence-electron chi connectivity index (χ3n) is 1.73. The first kappa shape index (κ1) is 8.21. The maximum atomic E-state index is 5.92. The molecular formula is C9H14N2. The molecule has 0 amide bonds. The van der Waals surface area contributed by atoms with Gasteiger partial charge in [0.15, 0.2) is 0 Å². The number of nitrogens with zero attached hydrogens (tertiary/aromatic N) is 1. The highest BCUT2D eigenvalue weighted by Crippen LogP contribution is 2.18. The molecule has 0 saturated carbocycles. The van der Waals surface area contributed by atoms with Gasteiger partial charge >= 0.3 is 0 Å². The van der Waals surface area contributed by atoms with Gasteiger partial charge in [0.25, 0.3) is 0 Å². The van der Waals surface area contributed by atoms with Crippen LogP contribution in [0.4, 0.5) is 0 Å². The van der Waals surface area contributed by atoms with Crippen molar-refractivity contribution in [3.05, 3.63) is 29.6 Å². The number of aromatic nitrogens is 1. The first-order valence-corrected chi connectivity index (χ1v) is 3.72. The summed E-state index contributed by atoms with van der Waals surface area (Å²) in [5.41, 5.74) is 7.95. The molecule has 1 heterocycles. The summed E-state index contributed by atoms with van der Waals surface area (Å²) in [6, 6.07) is 1.98. The lowest BCUT2D eigenvalue weighted by molar-refractivity contribution is 0.548. The summed E-state index contributed by atoms with van der Waals surface area (Å²) in [7, 11) is 0. The highest BCUT2D eigenvalue weighted by atomic mass is 14.7. The second kappa shape index (κ2) is 2.62. The van der Waals surface area contributed by atoms with Crippen LogP contribution in [0.2, 0.25) is 0 Å². The maximum absolute atomic E-state index is 5.92. The van der Waals surface area contributed by atoms with Crippen LogP contribution in [0.5, 0.6) is 0 Å². The lowest BCUT2D eigenvalue weighted by Crippen LogP contribution is -2.29. The Kier molecular flexibility index (Phi) is 1.96. The van der Waals surface area contributed by atoms with Crippen LogP contribution in [0.25, 0.3) is 0 Å². The van der Waals surface area contributed by atoms with Crippen LogP contribution in [0, 0.1) is 6.92 Å². The molecule has 0 unspecified atom stereocenters. The normalized spacial score (nSPS) is 11.6. The Bertz CT molecular complexity index is 248. The van der Waals surface area contributed by atoms with Crippen LogP contribution in [0.15, 0.2) is 18.5 Å². The summed E-state index contributed by atoms with van der Waals surface area (Å²) in [5, 5.41) is 0. The standard InChI is InChI=1S/C9H14N2/c1-7-4-5-11-6-8(7)9(2,3)10/h4-6H,10H2,1-3H3. The largest absolute Gasteiger partial charge is 0.322 e. The second-order valence-corrected chi connectivity index (χ2v) is 3.41. The van der Waals surface area contributed by atoms with E-state index in [1.54, 1.807) is 6.20 Å².